The number of anilines is 2. The second-order valence-electron chi connectivity index (χ2n) is 9.37. The number of para-hydroxylation sites is 1. The van der Waals surface area contributed by atoms with Crippen LogP contribution in [0.25, 0.3) is 0 Å². The molecule has 1 amide bonds. The Labute approximate surface area is 207 Å². The van der Waals surface area contributed by atoms with E-state index in [9.17, 15) is 18.0 Å². The van der Waals surface area contributed by atoms with E-state index in [1.807, 2.05) is 11.9 Å². The molecule has 0 aliphatic carbocycles. The van der Waals surface area contributed by atoms with E-state index < -0.39 is 29.2 Å². The summed E-state index contributed by atoms with van der Waals surface area (Å²) in [5.41, 5.74) is 4.28. The van der Waals surface area contributed by atoms with Crippen molar-refractivity contribution >= 4 is 29.1 Å². The van der Waals surface area contributed by atoms with Crippen molar-refractivity contribution in [2.45, 2.75) is 38.6 Å². The number of benzene rings is 2. The Morgan fingerprint density at radius 3 is 2.46 bits per heavy atom. The third kappa shape index (κ3) is 6.85. The van der Waals surface area contributed by atoms with E-state index in [0.717, 1.165) is 0 Å². The molecule has 0 aromatic heterocycles. The minimum absolute atomic E-state index is 0.0211. The average Bonchev–Trinajstić information content (AvgIpc) is 2.74. The monoisotopic (exact) mass is 514 g/mol. The largest absolute Gasteiger partial charge is 0.455 e. The molecule has 2 aromatic rings. The van der Waals surface area contributed by atoms with Crippen LogP contribution in [0.2, 0.25) is 5.02 Å². The molecule has 7 nitrogen and oxygen atoms in total. The predicted molar refractivity (Wildman–Crippen MR) is 130 cm³/mol. The summed E-state index contributed by atoms with van der Waals surface area (Å²) < 4.78 is 53.9. The SMILES string of the molecule is CN1CCN(c2c(N)ccc(Oc3ccccc3Cl)c2C(F)(F)F)C[C@@H]1CNC(=O)OC(C)(C)C. The van der Waals surface area contributed by atoms with Crippen molar-refractivity contribution in [1.29, 1.82) is 0 Å². The molecule has 1 saturated heterocycles. The predicted octanol–water partition coefficient (Wildman–Crippen LogP) is 5.38. The Morgan fingerprint density at radius 2 is 1.83 bits per heavy atom. The van der Waals surface area contributed by atoms with Crippen molar-refractivity contribution in [3.63, 3.8) is 0 Å². The number of nitrogens with two attached hydrogens (primary N) is 1. The molecule has 0 bridgehead atoms. The number of rotatable bonds is 5. The van der Waals surface area contributed by atoms with E-state index in [-0.39, 0.29) is 41.3 Å². The standard InChI is InChI=1S/C24H30ClF3N4O3/c1-23(2,3)35-22(33)30-13-15-14-32(12-11-31(15)4)21-17(29)9-10-19(20(21)24(26,27)28)34-18-8-6-5-7-16(18)25/h5-10,15H,11-14,29H2,1-4H3,(H,30,33)/t15-/m0/s1. The van der Waals surface area contributed by atoms with Crippen molar-refractivity contribution in [1.82, 2.24) is 10.2 Å². The lowest BCUT2D eigenvalue weighted by Gasteiger charge is -2.42. The first kappa shape index (κ1) is 26.7. The molecule has 0 radical (unpaired) electrons. The number of amides is 1. The van der Waals surface area contributed by atoms with Gasteiger partial charge in [-0.3, -0.25) is 4.90 Å². The van der Waals surface area contributed by atoms with Crippen molar-refractivity contribution in [2.75, 3.05) is 43.9 Å². The van der Waals surface area contributed by atoms with Gasteiger partial charge < -0.3 is 25.4 Å². The number of hydrogen-bond acceptors (Lipinski definition) is 6. The maximum Gasteiger partial charge on any atom is 0.422 e. The summed E-state index contributed by atoms with van der Waals surface area (Å²) in [6.45, 7) is 6.42. The molecular formula is C24H30ClF3N4O3. The van der Waals surface area contributed by atoms with Crippen LogP contribution >= 0.6 is 11.6 Å². The zero-order chi connectivity index (χ0) is 26.0. The van der Waals surface area contributed by atoms with Gasteiger partial charge in [-0.15, -0.1) is 0 Å². The number of carbonyl (C=O) groups excluding carboxylic acids is 1. The molecule has 1 aliphatic heterocycles. The minimum Gasteiger partial charge on any atom is -0.455 e. The Kier molecular flexibility index (Phi) is 7.96. The number of nitrogens with zero attached hydrogens (tertiary/aromatic N) is 2. The number of alkyl halides is 3. The third-order valence-electron chi connectivity index (χ3n) is 5.49. The molecule has 1 heterocycles. The van der Waals surface area contributed by atoms with E-state index in [4.69, 9.17) is 26.8 Å². The maximum atomic E-state index is 14.4. The zero-order valence-corrected chi connectivity index (χ0v) is 20.8. The normalized spacial score (nSPS) is 17.3. The molecule has 11 heteroatoms. The van der Waals surface area contributed by atoms with Crippen LogP contribution in [-0.4, -0.2) is 55.9 Å². The van der Waals surface area contributed by atoms with Gasteiger partial charge in [0.2, 0.25) is 0 Å². The van der Waals surface area contributed by atoms with Gasteiger partial charge in [0.25, 0.3) is 0 Å². The first-order valence-electron chi connectivity index (χ1n) is 11.1. The van der Waals surface area contributed by atoms with Crippen LogP contribution in [0.3, 0.4) is 0 Å². The number of halogens is 4. The summed E-state index contributed by atoms with van der Waals surface area (Å²) >= 11 is 6.10. The summed E-state index contributed by atoms with van der Waals surface area (Å²) in [5.74, 6) is -0.287. The fourth-order valence-electron chi connectivity index (χ4n) is 3.82. The Bertz CT molecular complexity index is 1060. The molecule has 0 saturated carbocycles. The zero-order valence-electron chi connectivity index (χ0n) is 20.1. The highest BCUT2D eigenvalue weighted by atomic mass is 35.5. The second-order valence-corrected chi connectivity index (χ2v) is 9.78. The van der Waals surface area contributed by atoms with Gasteiger partial charge in [-0.1, -0.05) is 23.7 Å². The highest BCUT2D eigenvalue weighted by molar-refractivity contribution is 6.32. The lowest BCUT2D eigenvalue weighted by Crippen LogP contribution is -2.56. The van der Waals surface area contributed by atoms with Crippen molar-refractivity contribution in [3.05, 3.63) is 47.0 Å². The highest BCUT2D eigenvalue weighted by Gasteiger charge is 2.41. The minimum atomic E-state index is -4.74. The van der Waals surface area contributed by atoms with E-state index in [1.165, 1.54) is 24.3 Å². The molecule has 0 unspecified atom stereocenters. The smallest absolute Gasteiger partial charge is 0.422 e. The van der Waals surface area contributed by atoms with E-state index in [2.05, 4.69) is 5.32 Å². The fourth-order valence-corrected chi connectivity index (χ4v) is 3.99. The van der Waals surface area contributed by atoms with Crippen LogP contribution in [0.5, 0.6) is 11.5 Å². The number of hydrogen-bond donors (Lipinski definition) is 2. The van der Waals surface area contributed by atoms with Crippen LogP contribution in [0.15, 0.2) is 36.4 Å². The van der Waals surface area contributed by atoms with Crippen molar-refractivity contribution < 1.29 is 27.4 Å². The molecule has 1 fully saturated rings. The molecule has 3 rings (SSSR count). The molecule has 1 atom stereocenters. The second kappa shape index (κ2) is 10.4. The van der Waals surface area contributed by atoms with Gasteiger partial charge >= 0.3 is 12.3 Å². The lowest BCUT2D eigenvalue weighted by molar-refractivity contribution is -0.138. The van der Waals surface area contributed by atoms with E-state index >= 15 is 0 Å². The molecule has 1 aliphatic rings. The third-order valence-corrected chi connectivity index (χ3v) is 5.80. The summed E-state index contributed by atoms with van der Waals surface area (Å²) in [6, 6.07) is 8.62. The Balaban J connectivity index is 1.90. The Morgan fingerprint density at radius 1 is 1.14 bits per heavy atom. The van der Waals surface area contributed by atoms with Crippen LogP contribution < -0.4 is 20.7 Å². The Hall–Kier alpha value is -2.85. The number of ether oxygens (including phenoxy) is 2. The molecule has 192 valence electrons. The number of alkyl carbamates (subject to hydrolysis) is 1. The summed E-state index contributed by atoms with van der Waals surface area (Å²) in [7, 11) is 1.85. The number of likely N-dealkylation sites (N-methyl/N-ethyl adjacent to an activating group) is 1. The maximum absolute atomic E-state index is 14.4. The van der Waals surface area contributed by atoms with Crippen molar-refractivity contribution in [3.8, 4) is 11.5 Å². The molecule has 0 spiro atoms. The first-order valence-corrected chi connectivity index (χ1v) is 11.5. The fraction of sp³-hybridized carbons (Fsp3) is 0.458. The van der Waals surface area contributed by atoms with Crippen LogP contribution in [0, 0.1) is 0 Å². The van der Waals surface area contributed by atoms with Gasteiger partial charge in [0.05, 0.1) is 16.4 Å². The molecule has 3 N–H and O–H groups in total. The van der Waals surface area contributed by atoms with E-state index in [1.54, 1.807) is 37.8 Å². The first-order chi connectivity index (χ1) is 16.3. The van der Waals surface area contributed by atoms with Gasteiger partial charge in [-0.2, -0.15) is 13.2 Å². The molecular weight excluding hydrogens is 485 g/mol. The van der Waals surface area contributed by atoms with Crippen LogP contribution in [0.1, 0.15) is 26.3 Å². The van der Waals surface area contributed by atoms with E-state index in [0.29, 0.717) is 13.1 Å². The number of piperazine rings is 1. The van der Waals surface area contributed by atoms with Gasteiger partial charge in [0, 0.05) is 32.2 Å². The lowest BCUT2D eigenvalue weighted by atomic mass is 10.0. The average molecular weight is 515 g/mol. The number of nitrogens with one attached hydrogen (secondary N) is 1. The summed E-state index contributed by atoms with van der Waals surface area (Å²) in [4.78, 5) is 15.6. The van der Waals surface area contributed by atoms with Gasteiger partial charge in [-0.25, -0.2) is 4.79 Å². The summed E-state index contributed by atoms with van der Waals surface area (Å²) in [5, 5.41) is 2.89. The van der Waals surface area contributed by atoms with Gasteiger partial charge in [-0.05, 0) is 52.1 Å². The van der Waals surface area contributed by atoms with Crippen molar-refractivity contribution in [2.24, 2.45) is 0 Å². The molecule has 35 heavy (non-hydrogen) atoms. The topological polar surface area (TPSA) is 80.1 Å². The van der Waals surface area contributed by atoms with Gasteiger partial charge in [0.15, 0.2) is 0 Å². The van der Waals surface area contributed by atoms with Crippen LogP contribution in [0.4, 0.5) is 29.3 Å². The summed E-state index contributed by atoms with van der Waals surface area (Å²) in [6.07, 6.45) is -5.33. The van der Waals surface area contributed by atoms with Crippen LogP contribution in [-0.2, 0) is 10.9 Å². The highest BCUT2D eigenvalue weighted by Crippen LogP contribution is 2.47. The number of carbonyl (C=O) groups is 1. The van der Waals surface area contributed by atoms with Gasteiger partial charge in [0.1, 0.15) is 22.7 Å². The number of nitrogen functional groups attached to an aromatic ring is 1. The quantitative estimate of drug-likeness (QED) is 0.522. The molecule has 2 aromatic carbocycles.